The summed E-state index contributed by atoms with van der Waals surface area (Å²) < 4.78 is 0. The summed E-state index contributed by atoms with van der Waals surface area (Å²) in [5.74, 6) is 0.525. The highest BCUT2D eigenvalue weighted by Crippen LogP contribution is 2.31. The fraction of sp³-hybridized carbons (Fsp3) is 0.455. The summed E-state index contributed by atoms with van der Waals surface area (Å²) in [6, 6.07) is 0. The molecule has 1 saturated carbocycles. The van der Waals surface area contributed by atoms with E-state index in [-0.39, 0.29) is 17.3 Å². The number of nitrogens with two attached hydrogens (primary N) is 1. The van der Waals surface area contributed by atoms with Crippen LogP contribution in [0, 0.1) is 0 Å². The van der Waals surface area contributed by atoms with Crippen LogP contribution in [0.3, 0.4) is 0 Å². The van der Waals surface area contributed by atoms with Gasteiger partial charge in [0.15, 0.2) is 11.5 Å². The van der Waals surface area contributed by atoms with Crippen molar-refractivity contribution in [2.75, 3.05) is 5.73 Å². The summed E-state index contributed by atoms with van der Waals surface area (Å²) in [4.78, 5) is 26.9. The van der Waals surface area contributed by atoms with E-state index in [1.807, 2.05) is 0 Å². The Labute approximate surface area is 97.3 Å². The molecular formula is C11H13N5O. The molecule has 6 heteroatoms. The Morgan fingerprint density at radius 2 is 2.06 bits per heavy atom. The van der Waals surface area contributed by atoms with E-state index >= 15 is 0 Å². The highest BCUT2D eigenvalue weighted by Gasteiger charge is 2.22. The molecule has 0 amide bonds. The minimum Gasteiger partial charge on any atom is -0.382 e. The Morgan fingerprint density at radius 1 is 1.29 bits per heavy atom. The van der Waals surface area contributed by atoms with Crippen molar-refractivity contribution in [2.24, 2.45) is 0 Å². The van der Waals surface area contributed by atoms with Crippen LogP contribution in [0.25, 0.3) is 11.2 Å². The summed E-state index contributed by atoms with van der Waals surface area (Å²) >= 11 is 0. The third-order valence-corrected chi connectivity index (χ3v) is 3.30. The number of fused-ring (bicyclic) bond motifs is 1. The smallest absolute Gasteiger partial charge is 0.270 e. The zero-order valence-corrected chi connectivity index (χ0v) is 9.31. The highest BCUT2D eigenvalue weighted by atomic mass is 16.1. The maximum absolute atomic E-state index is 11.9. The topological polar surface area (TPSA) is 97.5 Å². The normalized spacial score (nSPS) is 16.7. The van der Waals surface area contributed by atoms with Gasteiger partial charge in [0.25, 0.3) is 5.56 Å². The van der Waals surface area contributed by atoms with Gasteiger partial charge in [0.1, 0.15) is 17.5 Å². The number of nitrogens with zero attached hydrogens (tertiary/aromatic N) is 3. The molecule has 0 bridgehead atoms. The van der Waals surface area contributed by atoms with Gasteiger partial charge < -0.3 is 10.7 Å². The van der Waals surface area contributed by atoms with E-state index in [9.17, 15) is 4.79 Å². The number of aromatic amines is 1. The van der Waals surface area contributed by atoms with Crippen LogP contribution in [0.5, 0.6) is 0 Å². The molecule has 88 valence electrons. The molecule has 17 heavy (non-hydrogen) atoms. The van der Waals surface area contributed by atoms with Crippen molar-refractivity contribution in [1.82, 2.24) is 19.9 Å². The third kappa shape index (κ3) is 1.65. The van der Waals surface area contributed by atoms with E-state index in [0.29, 0.717) is 16.9 Å². The second kappa shape index (κ2) is 3.80. The van der Waals surface area contributed by atoms with Crippen LogP contribution in [0.15, 0.2) is 11.1 Å². The number of aromatic nitrogens is 4. The van der Waals surface area contributed by atoms with Crippen LogP contribution in [-0.4, -0.2) is 19.9 Å². The molecule has 0 unspecified atom stereocenters. The summed E-state index contributed by atoms with van der Waals surface area (Å²) in [6.45, 7) is 0. The van der Waals surface area contributed by atoms with Gasteiger partial charge in [-0.05, 0) is 12.8 Å². The zero-order valence-electron chi connectivity index (χ0n) is 9.31. The summed E-state index contributed by atoms with van der Waals surface area (Å²) in [5.41, 5.74) is 7.00. The minimum absolute atomic E-state index is 0.161. The fourth-order valence-corrected chi connectivity index (χ4v) is 2.41. The summed E-state index contributed by atoms with van der Waals surface area (Å²) in [5, 5.41) is 0. The molecule has 0 atom stereocenters. The van der Waals surface area contributed by atoms with Gasteiger partial charge in [-0.3, -0.25) is 4.79 Å². The molecule has 1 fully saturated rings. The van der Waals surface area contributed by atoms with Gasteiger partial charge >= 0.3 is 0 Å². The Hall–Kier alpha value is -1.98. The van der Waals surface area contributed by atoms with E-state index < -0.39 is 0 Å². The number of rotatable bonds is 1. The van der Waals surface area contributed by atoms with Gasteiger partial charge in [-0.25, -0.2) is 15.0 Å². The lowest BCUT2D eigenvalue weighted by molar-refractivity contribution is 0.687. The molecule has 1 aliphatic carbocycles. The molecule has 2 heterocycles. The lowest BCUT2D eigenvalue weighted by atomic mass is 10.0. The molecule has 0 radical (unpaired) electrons. The van der Waals surface area contributed by atoms with Gasteiger partial charge in [0.05, 0.1) is 0 Å². The number of anilines is 1. The molecular weight excluding hydrogens is 218 g/mol. The van der Waals surface area contributed by atoms with Crippen LogP contribution < -0.4 is 11.3 Å². The largest absolute Gasteiger partial charge is 0.382 e. The first-order valence-electron chi connectivity index (χ1n) is 5.76. The number of hydrogen-bond donors (Lipinski definition) is 2. The number of H-pyrrole nitrogens is 1. The lowest BCUT2D eigenvalue weighted by Crippen LogP contribution is -2.18. The number of nitrogen functional groups attached to an aromatic ring is 1. The Bertz CT molecular complexity index is 615. The second-order valence-corrected chi connectivity index (χ2v) is 4.39. The average Bonchev–Trinajstić information content (AvgIpc) is 2.83. The van der Waals surface area contributed by atoms with Crippen molar-refractivity contribution in [3.63, 3.8) is 0 Å². The van der Waals surface area contributed by atoms with Crippen LogP contribution in [-0.2, 0) is 0 Å². The first-order valence-corrected chi connectivity index (χ1v) is 5.76. The quantitative estimate of drug-likeness (QED) is 0.761. The zero-order chi connectivity index (χ0) is 11.8. The molecule has 0 spiro atoms. The minimum atomic E-state index is -0.161. The second-order valence-electron chi connectivity index (χ2n) is 4.39. The maximum atomic E-state index is 11.9. The van der Waals surface area contributed by atoms with E-state index in [1.165, 1.54) is 6.33 Å². The van der Waals surface area contributed by atoms with E-state index in [4.69, 9.17) is 5.73 Å². The van der Waals surface area contributed by atoms with Gasteiger partial charge in [-0.2, -0.15) is 0 Å². The van der Waals surface area contributed by atoms with Crippen molar-refractivity contribution in [3.05, 3.63) is 22.4 Å². The molecule has 0 aromatic carbocycles. The third-order valence-electron chi connectivity index (χ3n) is 3.30. The van der Waals surface area contributed by atoms with E-state index in [1.54, 1.807) is 0 Å². The Morgan fingerprint density at radius 3 is 2.82 bits per heavy atom. The van der Waals surface area contributed by atoms with Crippen molar-refractivity contribution in [3.8, 4) is 0 Å². The predicted octanol–water partition coefficient (Wildman–Crippen LogP) is 0.953. The Kier molecular flexibility index (Phi) is 2.28. The average molecular weight is 231 g/mol. The monoisotopic (exact) mass is 231 g/mol. The SMILES string of the molecule is Nc1ncnc2nc(C3CCCC3)c(=O)[nH]c12. The van der Waals surface area contributed by atoms with Gasteiger partial charge in [-0.15, -0.1) is 0 Å². The molecule has 1 aliphatic rings. The van der Waals surface area contributed by atoms with Crippen molar-refractivity contribution >= 4 is 17.0 Å². The predicted molar refractivity (Wildman–Crippen MR) is 63.6 cm³/mol. The molecule has 6 nitrogen and oxygen atoms in total. The van der Waals surface area contributed by atoms with Crippen LogP contribution in [0.4, 0.5) is 5.82 Å². The van der Waals surface area contributed by atoms with E-state index in [2.05, 4.69) is 19.9 Å². The molecule has 0 saturated heterocycles. The standard InChI is InChI=1S/C11H13N5O/c12-9-8-10(14-5-13-9)15-7(11(17)16-8)6-3-1-2-4-6/h5-6H,1-4H2,(H,16,17)(H2,12,13,14,15). The molecule has 2 aromatic rings. The Balaban J connectivity index is 2.20. The van der Waals surface area contributed by atoms with Crippen molar-refractivity contribution in [1.29, 1.82) is 0 Å². The fourth-order valence-electron chi connectivity index (χ4n) is 2.41. The van der Waals surface area contributed by atoms with Crippen LogP contribution in [0.2, 0.25) is 0 Å². The number of hydrogen-bond acceptors (Lipinski definition) is 5. The van der Waals surface area contributed by atoms with E-state index in [0.717, 1.165) is 25.7 Å². The van der Waals surface area contributed by atoms with Crippen molar-refractivity contribution in [2.45, 2.75) is 31.6 Å². The van der Waals surface area contributed by atoms with Crippen LogP contribution >= 0.6 is 0 Å². The lowest BCUT2D eigenvalue weighted by Gasteiger charge is -2.08. The maximum Gasteiger partial charge on any atom is 0.270 e. The first kappa shape index (κ1) is 10.2. The molecule has 3 N–H and O–H groups in total. The van der Waals surface area contributed by atoms with Gasteiger partial charge in [0, 0.05) is 5.92 Å². The van der Waals surface area contributed by atoms with Gasteiger partial charge in [-0.1, -0.05) is 12.8 Å². The molecule has 0 aliphatic heterocycles. The van der Waals surface area contributed by atoms with Crippen molar-refractivity contribution < 1.29 is 0 Å². The summed E-state index contributed by atoms with van der Waals surface area (Å²) in [7, 11) is 0. The van der Waals surface area contributed by atoms with Crippen LogP contribution in [0.1, 0.15) is 37.3 Å². The number of nitrogens with one attached hydrogen (secondary N) is 1. The molecule has 3 rings (SSSR count). The molecule has 2 aromatic heterocycles. The summed E-state index contributed by atoms with van der Waals surface area (Å²) in [6.07, 6.45) is 5.75. The van der Waals surface area contributed by atoms with Gasteiger partial charge in [0.2, 0.25) is 0 Å². The first-order chi connectivity index (χ1) is 8.25. The highest BCUT2D eigenvalue weighted by molar-refractivity contribution is 5.80.